The van der Waals surface area contributed by atoms with Gasteiger partial charge in [0.2, 0.25) is 0 Å². The van der Waals surface area contributed by atoms with Gasteiger partial charge >= 0.3 is 12.0 Å². The molecule has 3 atom stereocenters. The van der Waals surface area contributed by atoms with Gasteiger partial charge in [-0.15, -0.1) is 0 Å². The molecule has 0 amide bonds. The molecule has 0 aliphatic carbocycles. The minimum Gasteiger partial charge on any atom is -0.465 e. The van der Waals surface area contributed by atoms with Crippen molar-refractivity contribution in [3.05, 3.63) is 12.0 Å². The van der Waals surface area contributed by atoms with E-state index in [1.807, 2.05) is 13.8 Å². The zero-order valence-corrected chi connectivity index (χ0v) is 18.4. The number of carbonyl (C=O) groups excluding carboxylic acids is 1. The number of unbranched alkanes of at least 4 members (excludes halogenated alkanes) is 2. The summed E-state index contributed by atoms with van der Waals surface area (Å²) >= 11 is 0. The Bertz CT molecular complexity index is 741. The standard InChI is InChI=1S/C18H30FN4O6P/c1-4-5-6-7-26-17(24)15(12(2)3)23-30(25)11-28-13(10-29-30)9-27-18-21-8-14(19)16(20)22-18/h8,12-13,15H,4-7,9-11H2,1-3H3,(H,23,25)(H2,20,21,22)/t13-,15-,30?/m0/s1. The first kappa shape index (κ1) is 24.5. The minimum atomic E-state index is -3.40. The van der Waals surface area contributed by atoms with Crippen LogP contribution in [0.1, 0.15) is 40.0 Å². The molecule has 0 saturated carbocycles. The molecule has 0 spiro atoms. The highest BCUT2D eigenvalue weighted by Crippen LogP contribution is 2.46. The van der Waals surface area contributed by atoms with E-state index in [-0.39, 0.29) is 37.3 Å². The molecule has 1 unspecified atom stereocenters. The van der Waals surface area contributed by atoms with Crippen LogP contribution in [0.2, 0.25) is 0 Å². The summed E-state index contributed by atoms with van der Waals surface area (Å²) in [7, 11) is -3.40. The van der Waals surface area contributed by atoms with Crippen LogP contribution >= 0.6 is 7.52 Å². The van der Waals surface area contributed by atoms with Crippen molar-refractivity contribution in [3.63, 3.8) is 0 Å². The fourth-order valence-corrected chi connectivity index (χ4v) is 4.43. The number of nitrogens with two attached hydrogens (primary N) is 1. The van der Waals surface area contributed by atoms with E-state index < -0.39 is 31.5 Å². The SMILES string of the molecule is CCCCCOC(=O)[C@@H](NP1(=O)CO[C@@H](COc2ncc(F)c(N)n2)CO1)C(C)C. The van der Waals surface area contributed by atoms with Gasteiger partial charge < -0.3 is 24.5 Å². The summed E-state index contributed by atoms with van der Waals surface area (Å²) in [6.07, 6.45) is 2.91. The Morgan fingerprint density at radius 2 is 2.23 bits per heavy atom. The molecule has 1 fully saturated rings. The zero-order chi connectivity index (χ0) is 22.1. The normalized spacial score (nSPS) is 22.6. The van der Waals surface area contributed by atoms with Crippen LogP contribution in [0, 0.1) is 11.7 Å². The molecule has 12 heteroatoms. The van der Waals surface area contributed by atoms with E-state index in [1.165, 1.54) is 0 Å². The summed E-state index contributed by atoms with van der Waals surface area (Å²) in [5.74, 6) is -1.68. The number of aromatic nitrogens is 2. The highest BCUT2D eigenvalue weighted by atomic mass is 31.2. The number of esters is 1. The predicted molar refractivity (Wildman–Crippen MR) is 107 cm³/mol. The van der Waals surface area contributed by atoms with E-state index in [1.54, 1.807) is 0 Å². The third kappa shape index (κ3) is 7.46. The number of hydrogen-bond donors (Lipinski definition) is 2. The first-order chi connectivity index (χ1) is 14.2. The number of rotatable bonds is 11. The van der Waals surface area contributed by atoms with Gasteiger partial charge in [-0.1, -0.05) is 33.6 Å². The number of ether oxygens (including phenoxy) is 3. The number of hydrogen-bond acceptors (Lipinski definition) is 9. The summed E-state index contributed by atoms with van der Waals surface area (Å²) in [5, 5.41) is 2.79. The fraction of sp³-hybridized carbons (Fsp3) is 0.722. The summed E-state index contributed by atoms with van der Waals surface area (Å²) in [4.78, 5) is 19.7. The molecule has 1 aliphatic rings. The number of anilines is 1. The van der Waals surface area contributed by atoms with Crippen LogP contribution in [0.4, 0.5) is 10.2 Å². The summed E-state index contributed by atoms with van der Waals surface area (Å²) in [6, 6.07) is -0.875. The van der Waals surface area contributed by atoms with Crippen molar-refractivity contribution >= 4 is 19.3 Å². The summed E-state index contributed by atoms with van der Waals surface area (Å²) < 4.78 is 47.7. The number of carbonyl (C=O) groups is 1. The van der Waals surface area contributed by atoms with E-state index in [2.05, 4.69) is 22.0 Å². The molecule has 1 aromatic heterocycles. The molecule has 10 nitrogen and oxygen atoms in total. The summed E-state index contributed by atoms with van der Waals surface area (Å²) in [5.41, 5.74) is 5.36. The van der Waals surface area contributed by atoms with Gasteiger partial charge in [0, 0.05) is 0 Å². The molecular formula is C18H30FN4O6P. The van der Waals surface area contributed by atoms with Gasteiger partial charge in [0.15, 0.2) is 11.6 Å². The highest BCUT2D eigenvalue weighted by molar-refractivity contribution is 7.56. The van der Waals surface area contributed by atoms with Crippen LogP contribution in [-0.2, 0) is 23.4 Å². The Kier molecular flexibility index (Phi) is 9.41. The van der Waals surface area contributed by atoms with Crippen molar-refractivity contribution in [3.8, 4) is 6.01 Å². The van der Waals surface area contributed by atoms with E-state index in [0.29, 0.717) is 6.61 Å². The van der Waals surface area contributed by atoms with Gasteiger partial charge in [0.05, 0.1) is 19.4 Å². The first-order valence-electron chi connectivity index (χ1n) is 9.94. The Labute approximate surface area is 175 Å². The molecule has 3 N–H and O–H groups in total. The lowest BCUT2D eigenvalue weighted by molar-refractivity contribution is -0.147. The van der Waals surface area contributed by atoms with Crippen LogP contribution in [0.5, 0.6) is 6.01 Å². The molecule has 2 heterocycles. The van der Waals surface area contributed by atoms with Crippen molar-refractivity contribution in [1.29, 1.82) is 0 Å². The molecule has 170 valence electrons. The van der Waals surface area contributed by atoms with Crippen LogP contribution < -0.4 is 15.6 Å². The van der Waals surface area contributed by atoms with Crippen LogP contribution in [0.15, 0.2) is 6.20 Å². The smallest absolute Gasteiger partial charge is 0.323 e. The fourth-order valence-electron chi connectivity index (χ4n) is 2.56. The predicted octanol–water partition coefficient (Wildman–Crippen LogP) is 2.49. The lowest BCUT2D eigenvalue weighted by Crippen LogP contribution is -2.44. The van der Waals surface area contributed by atoms with Gasteiger partial charge in [-0.25, -0.2) is 14.5 Å². The number of nitrogen functional groups attached to an aromatic ring is 1. The lowest BCUT2D eigenvalue weighted by atomic mass is 10.1. The maximum absolute atomic E-state index is 13.1. The number of nitrogens with one attached hydrogen (secondary N) is 1. The quantitative estimate of drug-likeness (QED) is 0.295. The summed E-state index contributed by atoms with van der Waals surface area (Å²) in [6.45, 7) is 6.01. The van der Waals surface area contributed by atoms with E-state index in [4.69, 9.17) is 24.5 Å². The second-order valence-corrected chi connectivity index (χ2v) is 9.43. The molecule has 1 aromatic rings. The maximum Gasteiger partial charge on any atom is 0.323 e. The molecular weight excluding hydrogens is 418 g/mol. The van der Waals surface area contributed by atoms with Gasteiger partial charge in [-0.3, -0.25) is 9.36 Å². The monoisotopic (exact) mass is 448 g/mol. The maximum atomic E-state index is 13.1. The van der Waals surface area contributed by atoms with Crippen LogP contribution in [-0.4, -0.2) is 54.3 Å². The van der Waals surface area contributed by atoms with Gasteiger partial charge in [0.25, 0.3) is 7.52 Å². The molecule has 0 aromatic carbocycles. The van der Waals surface area contributed by atoms with E-state index in [0.717, 1.165) is 25.5 Å². The molecule has 1 aliphatic heterocycles. The Balaban J connectivity index is 1.82. The highest BCUT2D eigenvalue weighted by Gasteiger charge is 2.38. The van der Waals surface area contributed by atoms with Gasteiger partial charge in [-0.2, -0.15) is 4.98 Å². The van der Waals surface area contributed by atoms with Crippen molar-refractivity contribution in [2.45, 2.75) is 52.2 Å². The van der Waals surface area contributed by atoms with Crippen molar-refractivity contribution < 1.29 is 32.5 Å². The zero-order valence-electron chi connectivity index (χ0n) is 17.5. The molecule has 0 bridgehead atoms. The van der Waals surface area contributed by atoms with Crippen LogP contribution in [0.3, 0.4) is 0 Å². The van der Waals surface area contributed by atoms with E-state index in [9.17, 15) is 13.8 Å². The number of halogens is 1. The average molecular weight is 448 g/mol. The molecule has 2 rings (SSSR count). The Hall–Kier alpha value is -1.81. The average Bonchev–Trinajstić information content (AvgIpc) is 2.71. The van der Waals surface area contributed by atoms with Gasteiger partial charge in [0.1, 0.15) is 25.1 Å². The lowest BCUT2D eigenvalue weighted by Gasteiger charge is -2.32. The largest absolute Gasteiger partial charge is 0.465 e. The van der Waals surface area contributed by atoms with Crippen LogP contribution in [0.25, 0.3) is 0 Å². The third-order valence-corrected chi connectivity index (χ3v) is 6.07. The van der Waals surface area contributed by atoms with Gasteiger partial charge in [-0.05, 0) is 12.3 Å². The Morgan fingerprint density at radius 3 is 2.83 bits per heavy atom. The van der Waals surface area contributed by atoms with Crippen molar-refractivity contribution in [2.24, 2.45) is 5.92 Å². The number of nitrogens with zero attached hydrogens (tertiary/aromatic N) is 2. The minimum absolute atomic E-state index is 0.00183. The van der Waals surface area contributed by atoms with Crippen molar-refractivity contribution in [2.75, 3.05) is 31.9 Å². The third-order valence-electron chi connectivity index (χ3n) is 4.35. The topological polar surface area (TPSA) is 135 Å². The van der Waals surface area contributed by atoms with Crippen molar-refractivity contribution in [1.82, 2.24) is 15.1 Å². The van der Waals surface area contributed by atoms with E-state index >= 15 is 0 Å². The molecule has 0 radical (unpaired) electrons. The first-order valence-corrected chi connectivity index (χ1v) is 11.8. The second-order valence-electron chi connectivity index (χ2n) is 7.31. The molecule has 1 saturated heterocycles. The second kappa shape index (κ2) is 11.5. The Morgan fingerprint density at radius 1 is 1.47 bits per heavy atom. The molecule has 30 heavy (non-hydrogen) atoms.